The van der Waals surface area contributed by atoms with Crippen molar-refractivity contribution in [3.05, 3.63) is 34.2 Å². The van der Waals surface area contributed by atoms with Crippen LogP contribution in [0.15, 0.2) is 27.8 Å². The van der Waals surface area contributed by atoms with Gasteiger partial charge >= 0.3 is 0 Å². The molecule has 0 aliphatic rings. The van der Waals surface area contributed by atoms with E-state index in [9.17, 15) is 13.2 Å². The molecule has 0 unspecified atom stereocenters. The molecule has 0 atom stereocenters. The van der Waals surface area contributed by atoms with Gasteiger partial charge in [-0.25, -0.2) is 13.6 Å². The van der Waals surface area contributed by atoms with Gasteiger partial charge in [0.15, 0.2) is 0 Å². The SMILES string of the molecule is COc1cc(OC)c(NC(=O)c2csc(S(N)(=O)=O)c2)cc1Cl. The Morgan fingerprint density at radius 3 is 2.39 bits per heavy atom. The predicted octanol–water partition coefficient (Wildman–Crippen LogP) is 2.32. The lowest BCUT2D eigenvalue weighted by atomic mass is 10.2. The van der Waals surface area contributed by atoms with Gasteiger partial charge in [-0.15, -0.1) is 11.3 Å². The maximum absolute atomic E-state index is 12.2. The molecule has 0 aliphatic carbocycles. The number of hydrogen-bond donors (Lipinski definition) is 2. The van der Waals surface area contributed by atoms with E-state index in [1.807, 2.05) is 0 Å². The molecular weight excluding hydrogens is 364 g/mol. The van der Waals surface area contributed by atoms with Gasteiger partial charge in [0, 0.05) is 11.4 Å². The molecule has 0 bridgehead atoms. The number of hydrogen-bond acceptors (Lipinski definition) is 6. The highest BCUT2D eigenvalue weighted by Crippen LogP contribution is 2.36. The number of carbonyl (C=O) groups excluding carboxylic acids is 1. The van der Waals surface area contributed by atoms with Gasteiger partial charge in [0.1, 0.15) is 15.7 Å². The molecule has 1 heterocycles. The molecule has 1 aromatic carbocycles. The summed E-state index contributed by atoms with van der Waals surface area (Å²) in [7, 11) is -0.951. The molecule has 0 saturated carbocycles. The number of thiophene rings is 1. The lowest BCUT2D eigenvalue weighted by Crippen LogP contribution is -2.13. The molecule has 0 fully saturated rings. The molecule has 124 valence electrons. The summed E-state index contributed by atoms with van der Waals surface area (Å²) < 4.78 is 32.6. The second kappa shape index (κ2) is 6.75. The maximum Gasteiger partial charge on any atom is 0.256 e. The van der Waals surface area contributed by atoms with E-state index in [0.717, 1.165) is 11.3 Å². The fourth-order valence-electron chi connectivity index (χ4n) is 1.74. The average Bonchev–Trinajstić information content (AvgIpc) is 2.97. The summed E-state index contributed by atoms with van der Waals surface area (Å²) in [6.07, 6.45) is 0. The second-order valence-electron chi connectivity index (χ2n) is 4.34. The summed E-state index contributed by atoms with van der Waals surface area (Å²) in [4.78, 5) is 12.2. The van der Waals surface area contributed by atoms with Crippen molar-refractivity contribution in [2.75, 3.05) is 19.5 Å². The van der Waals surface area contributed by atoms with E-state index in [1.165, 1.54) is 37.8 Å². The zero-order chi connectivity index (χ0) is 17.2. The van der Waals surface area contributed by atoms with Crippen LogP contribution in [-0.4, -0.2) is 28.5 Å². The van der Waals surface area contributed by atoms with Crippen LogP contribution in [-0.2, 0) is 10.0 Å². The predicted molar refractivity (Wildman–Crippen MR) is 88.2 cm³/mol. The van der Waals surface area contributed by atoms with Crippen LogP contribution < -0.4 is 19.9 Å². The standard InChI is InChI=1S/C13H13ClN2O5S2/c1-20-10-5-11(21-2)9(4-8(10)14)16-13(17)7-3-12(22-6-7)23(15,18)19/h3-6H,1-2H3,(H,16,17)(H2,15,18,19). The van der Waals surface area contributed by atoms with Crippen molar-refractivity contribution in [2.24, 2.45) is 5.14 Å². The molecule has 2 rings (SSSR count). The second-order valence-corrected chi connectivity index (χ2v) is 7.45. The van der Waals surface area contributed by atoms with Gasteiger partial charge < -0.3 is 14.8 Å². The van der Waals surface area contributed by atoms with Crippen LogP contribution in [0.2, 0.25) is 5.02 Å². The number of benzene rings is 1. The largest absolute Gasteiger partial charge is 0.495 e. The number of anilines is 1. The van der Waals surface area contributed by atoms with Gasteiger partial charge in [0.05, 0.1) is 30.5 Å². The van der Waals surface area contributed by atoms with E-state index in [1.54, 1.807) is 0 Å². The lowest BCUT2D eigenvalue weighted by molar-refractivity contribution is 0.102. The molecule has 2 aromatic rings. The highest BCUT2D eigenvalue weighted by Gasteiger charge is 2.17. The first-order valence-corrected chi connectivity index (χ1v) is 8.91. The molecule has 0 radical (unpaired) electrons. The van der Waals surface area contributed by atoms with Crippen molar-refractivity contribution in [2.45, 2.75) is 4.21 Å². The molecule has 0 aliphatic heterocycles. The zero-order valence-corrected chi connectivity index (χ0v) is 14.5. The summed E-state index contributed by atoms with van der Waals surface area (Å²) in [6, 6.07) is 4.21. The topological polar surface area (TPSA) is 108 Å². The number of carbonyl (C=O) groups is 1. The molecule has 10 heteroatoms. The van der Waals surface area contributed by atoms with Crippen LogP contribution >= 0.6 is 22.9 Å². The normalized spacial score (nSPS) is 11.1. The minimum Gasteiger partial charge on any atom is -0.495 e. The summed E-state index contributed by atoms with van der Waals surface area (Å²) in [5.74, 6) is 0.228. The first-order chi connectivity index (χ1) is 10.8. The van der Waals surface area contributed by atoms with Gasteiger partial charge in [0.2, 0.25) is 10.0 Å². The summed E-state index contributed by atoms with van der Waals surface area (Å²) in [5, 5.41) is 9.31. The molecule has 1 amide bonds. The van der Waals surface area contributed by atoms with Gasteiger partial charge in [-0.2, -0.15) is 0 Å². The highest BCUT2D eigenvalue weighted by atomic mass is 35.5. The van der Waals surface area contributed by atoms with Crippen LogP contribution in [0.1, 0.15) is 10.4 Å². The first-order valence-electron chi connectivity index (χ1n) is 6.10. The van der Waals surface area contributed by atoms with Crippen molar-refractivity contribution in [3.63, 3.8) is 0 Å². The maximum atomic E-state index is 12.2. The van der Waals surface area contributed by atoms with Crippen LogP contribution in [0, 0.1) is 0 Å². The van der Waals surface area contributed by atoms with Crippen molar-refractivity contribution in [1.82, 2.24) is 0 Å². The molecule has 7 nitrogen and oxygen atoms in total. The monoisotopic (exact) mass is 376 g/mol. The van der Waals surface area contributed by atoms with Crippen molar-refractivity contribution >= 4 is 44.6 Å². The van der Waals surface area contributed by atoms with E-state index in [-0.39, 0.29) is 9.77 Å². The van der Waals surface area contributed by atoms with Crippen molar-refractivity contribution < 1.29 is 22.7 Å². The Balaban J connectivity index is 2.30. The summed E-state index contributed by atoms with van der Waals surface area (Å²) in [6.45, 7) is 0. The van der Waals surface area contributed by atoms with Gasteiger partial charge in [0.25, 0.3) is 5.91 Å². The third kappa shape index (κ3) is 3.94. The highest BCUT2D eigenvalue weighted by molar-refractivity contribution is 7.91. The number of ether oxygens (including phenoxy) is 2. The van der Waals surface area contributed by atoms with Crippen LogP contribution in [0.4, 0.5) is 5.69 Å². The van der Waals surface area contributed by atoms with Gasteiger partial charge in [-0.05, 0) is 12.1 Å². The number of methoxy groups -OCH3 is 2. The minimum atomic E-state index is -3.84. The van der Waals surface area contributed by atoms with Crippen LogP contribution in [0.3, 0.4) is 0 Å². The number of nitrogens with two attached hydrogens (primary N) is 1. The molecule has 0 saturated heterocycles. The Bertz CT molecular complexity index is 848. The Morgan fingerprint density at radius 1 is 1.22 bits per heavy atom. The summed E-state index contributed by atoms with van der Waals surface area (Å²) in [5.41, 5.74) is 0.486. The van der Waals surface area contributed by atoms with Gasteiger partial charge in [-0.1, -0.05) is 11.6 Å². The van der Waals surface area contributed by atoms with E-state index in [0.29, 0.717) is 22.2 Å². The number of amides is 1. The van der Waals surface area contributed by atoms with Crippen LogP contribution in [0.5, 0.6) is 11.5 Å². The number of primary sulfonamides is 1. The fraction of sp³-hybridized carbons (Fsp3) is 0.154. The minimum absolute atomic E-state index is 0.0950. The third-order valence-corrected chi connectivity index (χ3v) is 5.52. The summed E-state index contributed by atoms with van der Waals surface area (Å²) >= 11 is 6.89. The Kier molecular flexibility index (Phi) is 5.15. The Labute approximate surface area is 142 Å². The first kappa shape index (κ1) is 17.5. The molecular formula is C13H13ClN2O5S2. The Hall–Kier alpha value is -1.81. The zero-order valence-electron chi connectivity index (χ0n) is 12.1. The van der Waals surface area contributed by atoms with E-state index < -0.39 is 15.9 Å². The van der Waals surface area contributed by atoms with E-state index in [4.69, 9.17) is 26.2 Å². The van der Waals surface area contributed by atoms with E-state index in [2.05, 4.69) is 5.32 Å². The molecule has 1 aromatic heterocycles. The van der Waals surface area contributed by atoms with Crippen LogP contribution in [0.25, 0.3) is 0 Å². The van der Waals surface area contributed by atoms with Crippen molar-refractivity contribution in [3.8, 4) is 11.5 Å². The van der Waals surface area contributed by atoms with E-state index >= 15 is 0 Å². The number of halogens is 1. The smallest absolute Gasteiger partial charge is 0.256 e. The quantitative estimate of drug-likeness (QED) is 0.832. The average molecular weight is 377 g/mol. The van der Waals surface area contributed by atoms with Crippen molar-refractivity contribution in [1.29, 1.82) is 0 Å². The fourth-order valence-corrected chi connectivity index (χ4v) is 3.56. The molecule has 0 spiro atoms. The number of nitrogens with one attached hydrogen (secondary N) is 1. The molecule has 23 heavy (non-hydrogen) atoms. The third-order valence-electron chi connectivity index (χ3n) is 2.84. The molecule has 3 N–H and O–H groups in total. The van der Waals surface area contributed by atoms with Gasteiger partial charge in [-0.3, -0.25) is 4.79 Å². The number of rotatable bonds is 5. The number of sulfonamides is 1. The lowest BCUT2D eigenvalue weighted by Gasteiger charge is -2.12. The Morgan fingerprint density at radius 2 is 1.87 bits per heavy atom.